The van der Waals surface area contributed by atoms with E-state index in [0.29, 0.717) is 50.5 Å². The fraction of sp³-hybridized carbons (Fsp3) is 0.800. The van der Waals surface area contributed by atoms with Gasteiger partial charge < -0.3 is 25.0 Å². The maximum atomic E-state index is 13.5. The molecule has 5 rings (SSSR count). The van der Waals surface area contributed by atoms with Gasteiger partial charge in [-0.25, -0.2) is 0 Å². The number of hydrogen-bond donors (Lipinski definition) is 3. The van der Waals surface area contributed by atoms with Crippen molar-refractivity contribution in [1.82, 2.24) is 5.32 Å². The molecule has 10 heteroatoms. The van der Waals surface area contributed by atoms with Gasteiger partial charge >= 0.3 is 11.9 Å². The van der Waals surface area contributed by atoms with Crippen LogP contribution >= 0.6 is 0 Å². The number of carboxylic acids is 1. The number of allylic oxidation sites excluding steroid dienone is 1. The van der Waals surface area contributed by atoms with Crippen molar-refractivity contribution in [2.75, 3.05) is 13.2 Å². The first-order valence-electron chi connectivity index (χ1n) is 16.9. The Hall–Kier alpha value is -2.59. The van der Waals surface area contributed by atoms with Gasteiger partial charge in [0.15, 0.2) is 12.4 Å². The molecule has 0 bridgehead atoms. The highest BCUT2D eigenvalue weighted by Crippen LogP contribution is 2.67. The van der Waals surface area contributed by atoms with E-state index in [0.717, 1.165) is 32.1 Å². The molecule has 10 nitrogen and oxygen atoms in total. The summed E-state index contributed by atoms with van der Waals surface area (Å²) in [5.41, 5.74) is -1.33. The number of aliphatic hydroxyl groups is 1. The number of hydrogen-bond acceptors (Lipinski definition) is 8. The summed E-state index contributed by atoms with van der Waals surface area (Å²) in [7, 11) is 0. The van der Waals surface area contributed by atoms with Gasteiger partial charge in [0.1, 0.15) is 5.60 Å². The molecule has 3 N–H and O–H groups in total. The Labute approximate surface area is 266 Å². The summed E-state index contributed by atoms with van der Waals surface area (Å²) >= 11 is 0. The maximum Gasteiger partial charge on any atom is 0.306 e. The largest absolute Gasteiger partial charge is 0.481 e. The number of aliphatic carboxylic acids is 1. The van der Waals surface area contributed by atoms with Crippen molar-refractivity contribution >= 4 is 29.4 Å². The van der Waals surface area contributed by atoms with Gasteiger partial charge in [-0.3, -0.25) is 24.0 Å². The van der Waals surface area contributed by atoms with Crippen molar-refractivity contribution in [3.63, 3.8) is 0 Å². The minimum Gasteiger partial charge on any atom is -0.481 e. The van der Waals surface area contributed by atoms with E-state index >= 15 is 0 Å². The highest BCUT2D eigenvalue weighted by atomic mass is 16.5. The van der Waals surface area contributed by atoms with E-state index < -0.39 is 52.9 Å². The second-order valence-electron chi connectivity index (χ2n) is 15.5. The smallest absolute Gasteiger partial charge is 0.306 e. The standard InChI is InChI=1S/C35H51NO9/c1-32(2)19-21(12-16-45-32)27(18-30(40)41)36-29(39)7-8-31(42)44-20-28(38)35(43)15-11-26-24-6-5-22-17-23(37)9-13-33(22,3)25(24)10-14-34(26,35)4/h17,21,24-27,43H,5-16,18-20H2,1-4H3,(H,36,39)(H,40,41)/t21?,24?,25?,26?,27?,33-,34-,35-/m0/s1. The van der Waals surface area contributed by atoms with Gasteiger partial charge in [0, 0.05) is 30.9 Å². The van der Waals surface area contributed by atoms with E-state index in [1.165, 1.54) is 5.57 Å². The molecule has 0 spiro atoms. The molecule has 4 aliphatic carbocycles. The number of amides is 1. The van der Waals surface area contributed by atoms with Crippen LogP contribution in [0.1, 0.15) is 111 Å². The van der Waals surface area contributed by atoms with E-state index in [4.69, 9.17) is 9.47 Å². The molecule has 1 amide bonds. The number of Topliss-reactive ketones (excluding diaryl/α,β-unsaturated/α-hetero) is 1. The summed E-state index contributed by atoms with van der Waals surface area (Å²) in [5.74, 6) is -1.51. The Morgan fingerprint density at radius 3 is 2.44 bits per heavy atom. The second kappa shape index (κ2) is 12.5. The Balaban J connectivity index is 1.13. The molecular weight excluding hydrogens is 578 g/mol. The van der Waals surface area contributed by atoms with E-state index in [9.17, 15) is 34.2 Å². The first-order chi connectivity index (χ1) is 21.1. The van der Waals surface area contributed by atoms with Crippen LogP contribution in [0.25, 0.3) is 0 Å². The predicted molar refractivity (Wildman–Crippen MR) is 164 cm³/mol. The van der Waals surface area contributed by atoms with E-state index in [1.807, 2.05) is 26.8 Å². The monoisotopic (exact) mass is 629 g/mol. The molecule has 0 aromatic heterocycles. The summed E-state index contributed by atoms with van der Waals surface area (Å²) in [5, 5.41) is 24.1. The van der Waals surface area contributed by atoms with E-state index in [2.05, 4.69) is 12.2 Å². The number of rotatable bonds is 10. The van der Waals surface area contributed by atoms with Crippen LogP contribution in [0.2, 0.25) is 0 Å². The topological polar surface area (TPSA) is 156 Å². The van der Waals surface area contributed by atoms with Gasteiger partial charge in [0.25, 0.3) is 0 Å². The number of ketones is 2. The zero-order valence-electron chi connectivity index (χ0n) is 27.3. The Morgan fingerprint density at radius 2 is 1.73 bits per heavy atom. The summed E-state index contributed by atoms with van der Waals surface area (Å²) in [6.45, 7) is 8.14. The normalized spacial score (nSPS) is 37.7. The lowest BCUT2D eigenvalue weighted by molar-refractivity contribution is -0.170. The predicted octanol–water partition coefficient (Wildman–Crippen LogP) is 4.31. The number of carbonyl (C=O) groups is 5. The molecule has 45 heavy (non-hydrogen) atoms. The molecule has 3 saturated carbocycles. The van der Waals surface area contributed by atoms with Gasteiger partial charge in [-0.1, -0.05) is 19.4 Å². The van der Waals surface area contributed by atoms with Gasteiger partial charge in [-0.2, -0.15) is 0 Å². The molecule has 0 radical (unpaired) electrons. The lowest BCUT2D eigenvalue weighted by Gasteiger charge is -2.58. The van der Waals surface area contributed by atoms with Crippen LogP contribution < -0.4 is 5.32 Å². The number of carboxylic acid groups (broad SMARTS) is 1. The Bertz CT molecular complexity index is 1260. The van der Waals surface area contributed by atoms with Gasteiger partial charge in [-0.05, 0) is 107 Å². The zero-order valence-corrected chi connectivity index (χ0v) is 27.3. The molecule has 5 unspecified atom stereocenters. The van der Waals surface area contributed by atoms with Gasteiger partial charge in [-0.15, -0.1) is 0 Å². The third kappa shape index (κ3) is 6.51. The molecule has 0 aromatic carbocycles. The second-order valence-corrected chi connectivity index (χ2v) is 15.5. The quantitative estimate of drug-likeness (QED) is 0.300. The van der Waals surface area contributed by atoms with Crippen LogP contribution in [0, 0.1) is 34.5 Å². The number of carbonyl (C=O) groups excluding carboxylic acids is 4. The van der Waals surface area contributed by atoms with Crippen molar-refractivity contribution in [2.45, 2.75) is 128 Å². The average molecular weight is 630 g/mol. The zero-order chi connectivity index (χ0) is 32.8. The molecule has 4 fully saturated rings. The first kappa shape index (κ1) is 33.8. The summed E-state index contributed by atoms with van der Waals surface area (Å²) in [4.78, 5) is 62.4. The fourth-order valence-electron chi connectivity index (χ4n) is 10.0. The van der Waals surface area contributed by atoms with Crippen LogP contribution in [0.3, 0.4) is 0 Å². The van der Waals surface area contributed by atoms with Crippen LogP contribution in [-0.4, -0.2) is 70.1 Å². The molecule has 5 aliphatic rings. The third-order valence-electron chi connectivity index (χ3n) is 12.5. The lowest BCUT2D eigenvalue weighted by Crippen LogP contribution is -2.58. The summed E-state index contributed by atoms with van der Waals surface area (Å²) in [6.07, 6.45) is 8.41. The number of ether oxygens (including phenoxy) is 2. The number of nitrogens with one attached hydrogen (secondary N) is 1. The molecule has 250 valence electrons. The van der Waals surface area contributed by atoms with Crippen LogP contribution in [0.4, 0.5) is 0 Å². The molecule has 1 heterocycles. The van der Waals surface area contributed by atoms with Crippen LogP contribution in [0.5, 0.6) is 0 Å². The van der Waals surface area contributed by atoms with Crippen molar-refractivity contribution in [2.24, 2.45) is 34.5 Å². The van der Waals surface area contributed by atoms with Crippen LogP contribution in [-0.2, 0) is 33.4 Å². The maximum absolute atomic E-state index is 13.5. The van der Waals surface area contributed by atoms with Crippen LogP contribution in [0.15, 0.2) is 11.6 Å². The minimum atomic E-state index is -1.58. The summed E-state index contributed by atoms with van der Waals surface area (Å²) < 4.78 is 11.0. The van der Waals surface area contributed by atoms with Crippen molar-refractivity contribution in [3.8, 4) is 0 Å². The molecule has 0 aromatic rings. The van der Waals surface area contributed by atoms with Crippen molar-refractivity contribution in [1.29, 1.82) is 0 Å². The Morgan fingerprint density at radius 1 is 1.00 bits per heavy atom. The fourth-order valence-corrected chi connectivity index (χ4v) is 10.0. The first-order valence-corrected chi connectivity index (χ1v) is 16.9. The van der Waals surface area contributed by atoms with E-state index in [1.54, 1.807) is 0 Å². The number of esters is 1. The lowest BCUT2D eigenvalue weighted by atomic mass is 9.46. The molecular formula is C35H51NO9. The van der Waals surface area contributed by atoms with Gasteiger partial charge in [0.05, 0.1) is 18.4 Å². The van der Waals surface area contributed by atoms with Crippen molar-refractivity contribution in [3.05, 3.63) is 11.6 Å². The summed E-state index contributed by atoms with van der Waals surface area (Å²) in [6, 6.07) is -0.578. The third-order valence-corrected chi connectivity index (χ3v) is 12.5. The molecule has 1 aliphatic heterocycles. The molecule has 8 atom stereocenters. The average Bonchev–Trinajstić information content (AvgIpc) is 3.25. The minimum absolute atomic E-state index is 0.000254. The highest BCUT2D eigenvalue weighted by molar-refractivity contribution is 5.92. The SMILES string of the molecule is CC1(C)CC(C(CC(=O)O)NC(=O)CCC(=O)OCC(=O)[C@@]2(O)CCC3C4CCC5=CC(=O)CC[C@]5(C)C4CC[C@@]32C)CCO1. The number of fused-ring (bicyclic) bond motifs is 5. The van der Waals surface area contributed by atoms with E-state index in [-0.39, 0.29) is 42.3 Å². The Kier molecular flexibility index (Phi) is 9.41. The highest BCUT2D eigenvalue weighted by Gasteiger charge is 2.66. The molecule has 1 saturated heterocycles. The van der Waals surface area contributed by atoms with Crippen molar-refractivity contribution < 1.29 is 43.7 Å². The van der Waals surface area contributed by atoms with Gasteiger partial charge in [0.2, 0.25) is 11.7 Å².